The number of ether oxygens (including phenoxy) is 1. The molecule has 2 aromatic rings. The fourth-order valence-electron chi connectivity index (χ4n) is 3.09. The molecule has 2 aromatic carbocycles. The van der Waals surface area contributed by atoms with Gasteiger partial charge in [0.2, 0.25) is 11.8 Å². The summed E-state index contributed by atoms with van der Waals surface area (Å²) in [6, 6.07) is 11.6. The summed E-state index contributed by atoms with van der Waals surface area (Å²) in [6.07, 6.45) is 0.130. The minimum absolute atomic E-state index is 0.0511. The van der Waals surface area contributed by atoms with Gasteiger partial charge in [0.25, 0.3) is 5.91 Å². The summed E-state index contributed by atoms with van der Waals surface area (Å²) in [5.74, 6) is -0.616. The van der Waals surface area contributed by atoms with Gasteiger partial charge >= 0.3 is 0 Å². The highest BCUT2D eigenvalue weighted by Crippen LogP contribution is 2.31. The second kappa shape index (κ2) is 9.87. The zero-order chi connectivity index (χ0) is 21.5. The van der Waals surface area contributed by atoms with E-state index in [4.69, 9.17) is 4.74 Å². The lowest BCUT2D eigenvalue weighted by molar-refractivity contribution is -0.125. The Bertz CT molecular complexity index is 948. The summed E-state index contributed by atoms with van der Waals surface area (Å²) in [6.45, 7) is 2.90. The van der Waals surface area contributed by atoms with Crippen molar-refractivity contribution in [1.82, 2.24) is 10.6 Å². The average Bonchev–Trinajstić information content (AvgIpc) is 2.76. The minimum atomic E-state index is -0.441. The molecule has 2 N–H and O–H groups in total. The molecule has 0 saturated heterocycles. The van der Waals surface area contributed by atoms with Crippen molar-refractivity contribution >= 4 is 23.4 Å². The molecule has 0 unspecified atom stereocenters. The van der Waals surface area contributed by atoms with Gasteiger partial charge in [0, 0.05) is 31.5 Å². The monoisotopic (exact) mass is 413 g/mol. The Labute approximate surface area is 174 Å². The molecule has 7 nitrogen and oxygen atoms in total. The van der Waals surface area contributed by atoms with Crippen LogP contribution in [0.3, 0.4) is 0 Å². The third kappa shape index (κ3) is 5.34. The molecule has 0 bridgehead atoms. The lowest BCUT2D eigenvalue weighted by Gasteiger charge is -2.29. The first-order valence-electron chi connectivity index (χ1n) is 9.79. The van der Waals surface area contributed by atoms with Gasteiger partial charge in [0.05, 0.1) is 12.2 Å². The number of hydrogen-bond donors (Lipinski definition) is 2. The minimum Gasteiger partial charge on any atom is -0.490 e. The first-order valence-corrected chi connectivity index (χ1v) is 9.79. The van der Waals surface area contributed by atoms with Crippen molar-refractivity contribution < 1.29 is 23.5 Å². The van der Waals surface area contributed by atoms with Gasteiger partial charge in [-0.25, -0.2) is 4.39 Å². The molecule has 0 radical (unpaired) electrons. The zero-order valence-corrected chi connectivity index (χ0v) is 16.7. The number of amides is 3. The van der Waals surface area contributed by atoms with Gasteiger partial charge in [0.1, 0.15) is 18.2 Å². The third-order valence-electron chi connectivity index (χ3n) is 4.76. The van der Waals surface area contributed by atoms with E-state index in [-0.39, 0.29) is 43.3 Å². The lowest BCUT2D eigenvalue weighted by Crippen LogP contribution is -2.39. The van der Waals surface area contributed by atoms with Crippen molar-refractivity contribution in [3.05, 3.63) is 59.4 Å². The van der Waals surface area contributed by atoms with E-state index in [1.165, 1.54) is 12.1 Å². The molecule has 8 heteroatoms. The molecule has 1 aliphatic rings. The summed E-state index contributed by atoms with van der Waals surface area (Å²) in [5.41, 5.74) is 1.40. The van der Waals surface area contributed by atoms with E-state index in [0.717, 1.165) is 0 Å². The molecule has 0 spiro atoms. The first kappa shape index (κ1) is 21.3. The molecule has 158 valence electrons. The van der Waals surface area contributed by atoms with Crippen LogP contribution >= 0.6 is 0 Å². The highest BCUT2D eigenvalue weighted by Gasteiger charge is 2.23. The summed E-state index contributed by atoms with van der Waals surface area (Å²) in [7, 11) is 0. The van der Waals surface area contributed by atoms with Gasteiger partial charge in [-0.3, -0.25) is 14.4 Å². The molecule has 0 fully saturated rings. The van der Waals surface area contributed by atoms with Crippen LogP contribution < -0.4 is 20.3 Å². The van der Waals surface area contributed by atoms with Gasteiger partial charge in [-0.05, 0) is 36.8 Å². The summed E-state index contributed by atoms with van der Waals surface area (Å²) in [5, 5.41) is 5.28. The fourth-order valence-corrected chi connectivity index (χ4v) is 3.09. The topological polar surface area (TPSA) is 87.7 Å². The number of carbonyl (C=O) groups is 3. The normalized spacial score (nSPS) is 12.5. The molecule has 3 amide bonds. The Morgan fingerprint density at radius 3 is 2.63 bits per heavy atom. The quantitative estimate of drug-likeness (QED) is 0.681. The van der Waals surface area contributed by atoms with Crippen molar-refractivity contribution in [2.24, 2.45) is 0 Å². The number of aryl methyl sites for hydroxylation is 1. The van der Waals surface area contributed by atoms with Crippen molar-refractivity contribution in [2.45, 2.75) is 19.8 Å². The molecule has 1 heterocycles. The van der Waals surface area contributed by atoms with E-state index in [2.05, 4.69) is 10.6 Å². The highest BCUT2D eigenvalue weighted by atomic mass is 19.1. The Kier molecular flexibility index (Phi) is 7.00. The summed E-state index contributed by atoms with van der Waals surface area (Å²) >= 11 is 0. The maximum absolute atomic E-state index is 13.5. The Balaban J connectivity index is 1.38. The van der Waals surface area contributed by atoms with Crippen LogP contribution in [0.4, 0.5) is 10.1 Å². The largest absolute Gasteiger partial charge is 0.490 e. The van der Waals surface area contributed by atoms with Gasteiger partial charge in [0.15, 0.2) is 0 Å². The van der Waals surface area contributed by atoms with Crippen LogP contribution in [0.2, 0.25) is 0 Å². The second-order valence-corrected chi connectivity index (χ2v) is 6.93. The molecular weight excluding hydrogens is 389 g/mol. The van der Waals surface area contributed by atoms with E-state index >= 15 is 0 Å². The summed E-state index contributed by atoms with van der Waals surface area (Å²) < 4.78 is 19.1. The first-order chi connectivity index (χ1) is 14.5. The predicted octanol–water partition coefficient (Wildman–Crippen LogP) is 2.19. The molecule has 0 aliphatic carbocycles. The number of rotatable bonds is 7. The molecule has 0 saturated carbocycles. The van der Waals surface area contributed by atoms with E-state index < -0.39 is 11.7 Å². The smallest absolute Gasteiger partial charge is 0.251 e. The van der Waals surface area contributed by atoms with E-state index in [1.54, 1.807) is 24.0 Å². The van der Waals surface area contributed by atoms with Crippen LogP contribution in [0, 0.1) is 12.7 Å². The number of fused-ring (bicyclic) bond motifs is 1. The van der Waals surface area contributed by atoms with E-state index in [0.29, 0.717) is 30.2 Å². The van der Waals surface area contributed by atoms with Gasteiger partial charge in [-0.15, -0.1) is 0 Å². The maximum atomic E-state index is 13.5. The number of halogens is 1. The standard InChI is InChI=1S/C22H24FN3O4/c1-15-6-7-16(14-17(15)23)22(29)25-11-10-24-20(27)8-9-21(28)26-12-13-30-19-5-3-2-4-18(19)26/h2-7,14H,8-13H2,1H3,(H,24,27)(H,25,29). The third-order valence-corrected chi connectivity index (χ3v) is 4.76. The van der Waals surface area contributed by atoms with Crippen molar-refractivity contribution in [3.8, 4) is 5.75 Å². The average molecular weight is 413 g/mol. The second-order valence-electron chi connectivity index (χ2n) is 6.93. The number of carbonyl (C=O) groups excluding carboxylic acids is 3. The van der Waals surface area contributed by atoms with Crippen molar-refractivity contribution in [2.75, 3.05) is 31.1 Å². The molecule has 1 aliphatic heterocycles. The zero-order valence-electron chi connectivity index (χ0n) is 16.7. The SMILES string of the molecule is Cc1ccc(C(=O)NCCNC(=O)CCC(=O)N2CCOc3ccccc32)cc1F. The van der Waals surface area contributed by atoms with Crippen molar-refractivity contribution in [3.63, 3.8) is 0 Å². The number of benzene rings is 2. The number of anilines is 1. The van der Waals surface area contributed by atoms with Gasteiger partial charge in [-0.2, -0.15) is 0 Å². The molecular formula is C22H24FN3O4. The predicted molar refractivity (Wildman–Crippen MR) is 110 cm³/mol. The number of nitrogens with one attached hydrogen (secondary N) is 2. The molecule has 30 heavy (non-hydrogen) atoms. The lowest BCUT2D eigenvalue weighted by atomic mass is 10.1. The Morgan fingerprint density at radius 2 is 1.83 bits per heavy atom. The van der Waals surface area contributed by atoms with Crippen molar-refractivity contribution in [1.29, 1.82) is 0 Å². The molecule has 3 rings (SSSR count). The van der Waals surface area contributed by atoms with Crippen LogP contribution in [0.15, 0.2) is 42.5 Å². The Morgan fingerprint density at radius 1 is 1.07 bits per heavy atom. The number of hydrogen-bond acceptors (Lipinski definition) is 4. The number of para-hydroxylation sites is 2. The van der Waals surface area contributed by atoms with Crippen LogP contribution in [0.5, 0.6) is 5.75 Å². The molecule has 0 atom stereocenters. The highest BCUT2D eigenvalue weighted by molar-refractivity contribution is 5.97. The van der Waals surface area contributed by atoms with Crippen LogP contribution in [0.1, 0.15) is 28.8 Å². The fraction of sp³-hybridized carbons (Fsp3) is 0.318. The van der Waals surface area contributed by atoms with E-state index in [9.17, 15) is 18.8 Å². The summed E-state index contributed by atoms with van der Waals surface area (Å²) in [4.78, 5) is 38.1. The van der Waals surface area contributed by atoms with Crippen LogP contribution in [0.25, 0.3) is 0 Å². The Hall–Kier alpha value is -3.42. The van der Waals surface area contributed by atoms with Crippen LogP contribution in [-0.2, 0) is 9.59 Å². The van der Waals surface area contributed by atoms with Gasteiger partial charge < -0.3 is 20.3 Å². The van der Waals surface area contributed by atoms with Crippen LogP contribution in [-0.4, -0.2) is 44.0 Å². The molecule has 0 aromatic heterocycles. The maximum Gasteiger partial charge on any atom is 0.251 e. The van der Waals surface area contributed by atoms with Gasteiger partial charge in [-0.1, -0.05) is 18.2 Å². The van der Waals surface area contributed by atoms with E-state index in [1.807, 2.05) is 18.2 Å². The number of nitrogens with zero attached hydrogens (tertiary/aromatic N) is 1.